The SMILES string of the molecule is CC(C)(CC(CC(F)(F)F)C(=O)NC(Cc1ccccc1)C(O)C(N)=O)OC(N)=O. The number of ether oxygens (including phenoxy) is 1. The lowest BCUT2D eigenvalue weighted by atomic mass is 9.89. The molecule has 0 aliphatic rings. The maximum atomic E-state index is 13.0. The van der Waals surface area contributed by atoms with Crippen molar-refractivity contribution in [2.24, 2.45) is 17.4 Å². The zero-order valence-corrected chi connectivity index (χ0v) is 16.6. The molecule has 168 valence electrons. The number of nitrogens with one attached hydrogen (secondary N) is 1. The Hall–Kier alpha value is -2.82. The first-order valence-corrected chi connectivity index (χ1v) is 9.07. The van der Waals surface area contributed by atoms with Crippen LogP contribution in [0.5, 0.6) is 0 Å². The number of alkyl halides is 3. The number of carbonyl (C=O) groups excluding carboxylic acids is 3. The molecule has 1 aromatic rings. The van der Waals surface area contributed by atoms with Crippen LogP contribution >= 0.6 is 0 Å². The van der Waals surface area contributed by atoms with Crippen molar-refractivity contribution in [1.29, 1.82) is 0 Å². The highest BCUT2D eigenvalue weighted by molar-refractivity contribution is 5.83. The number of rotatable bonds is 10. The molecule has 0 bridgehead atoms. The van der Waals surface area contributed by atoms with E-state index >= 15 is 0 Å². The van der Waals surface area contributed by atoms with Gasteiger partial charge >= 0.3 is 12.3 Å². The summed E-state index contributed by atoms with van der Waals surface area (Å²) in [6.45, 7) is 2.63. The van der Waals surface area contributed by atoms with Gasteiger partial charge in [0, 0.05) is 0 Å². The van der Waals surface area contributed by atoms with E-state index < -0.39 is 60.6 Å². The van der Waals surface area contributed by atoms with Crippen molar-refractivity contribution in [3.63, 3.8) is 0 Å². The molecule has 8 nitrogen and oxygen atoms in total. The number of aliphatic hydroxyl groups is 1. The molecule has 0 heterocycles. The largest absolute Gasteiger partial charge is 0.444 e. The van der Waals surface area contributed by atoms with Crippen LogP contribution in [-0.2, 0) is 20.7 Å². The second-order valence-corrected chi connectivity index (χ2v) is 7.55. The lowest BCUT2D eigenvalue weighted by molar-refractivity contribution is -0.159. The maximum Gasteiger partial charge on any atom is 0.405 e. The smallest absolute Gasteiger partial charge is 0.405 e. The number of benzene rings is 1. The van der Waals surface area contributed by atoms with Crippen molar-refractivity contribution in [3.8, 4) is 0 Å². The molecule has 3 unspecified atom stereocenters. The summed E-state index contributed by atoms with van der Waals surface area (Å²) >= 11 is 0. The Bertz CT molecular complexity index is 741. The van der Waals surface area contributed by atoms with Crippen LogP contribution in [0.1, 0.15) is 32.3 Å². The molecule has 0 fully saturated rings. The van der Waals surface area contributed by atoms with E-state index in [0.29, 0.717) is 5.56 Å². The average Bonchev–Trinajstić information content (AvgIpc) is 2.58. The first-order chi connectivity index (χ1) is 13.7. The van der Waals surface area contributed by atoms with Crippen LogP contribution in [0.3, 0.4) is 0 Å². The third kappa shape index (κ3) is 9.12. The second-order valence-electron chi connectivity index (χ2n) is 7.55. The van der Waals surface area contributed by atoms with Gasteiger partial charge in [-0.2, -0.15) is 13.2 Å². The highest BCUT2D eigenvalue weighted by Crippen LogP contribution is 2.31. The summed E-state index contributed by atoms with van der Waals surface area (Å²) in [6, 6.07) is 7.14. The van der Waals surface area contributed by atoms with Crippen molar-refractivity contribution < 1.29 is 37.4 Å². The van der Waals surface area contributed by atoms with Gasteiger partial charge in [-0.1, -0.05) is 30.3 Å². The zero-order chi connectivity index (χ0) is 23.1. The fourth-order valence-corrected chi connectivity index (χ4v) is 3.05. The molecule has 11 heteroatoms. The molecule has 30 heavy (non-hydrogen) atoms. The number of primary amides is 2. The average molecular weight is 433 g/mol. The van der Waals surface area contributed by atoms with Crippen LogP contribution in [0.25, 0.3) is 0 Å². The minimum Gasteiger partial charge on any atom is -0.444 e. The van der Waals surface area contributed by atoms with Gasteiger partial charge in [-0.3, -0.25) is 9.59 Å². The predicted molar refractivity (Wildman–Crippen MR) is 101 cm³/mol. The van der Waals surface area contributed by atoms with Crippen molar-refractivity contribution in [3.05, 3.63) is 35.9 Å². The lowest BCUT2D eigenvalue weighted by Gasteiger charge is -2.30. The molecule has 0 saturated heterocycles. The molecule has 0 radical (unpaired) electrons. The number of hydrogen-bond acceptors (Lipinski definition) is 5. The zero-order valence-electron chi connectivity index (χ0n) is 16.6. The van der Waals surface area contributed by atoms with E-state index in [2.05, 4.69) is 5.32 Å². The van der Waals surface area contributed by atoms with Gasteiger partial charge in [0.2, 0.25) is 11.8 Å². The van der Waals surface area contributed by atoms with Gasteiger partial charge in [0.15, 0.2) is 6.10 Å². The van der Waals surface area contributed by atoms with Gasteiger partial charge in [0.25, 0.3) is 0 Å². The van der Waals surface area contributed by atoms with E-state index in [9.17, 15) is 32.7 Å². The first-order valence-electron chi connectivity index (χ1n) is 9.07. The number of hydrogen-bond donors (Lipinski definition) is 4. The van der Waals surface area contributed by atoms with Gasteiger partial charge < -0.3 is 26.6 Å². The molecule has 0 aromatic heterocycles. The number of carbonyl (C=O) groups is 3. The van der Waals surface area contributed by atoms with Crippen molar-refractivity contribution in [2.75, 3.05) is 0 Å². The molecule has 0 saturated carbocycles. The van der Waals surface area contributed by atoms with Gasteiger partial charge in [-0.15, -0.1) is 0 Å². The first kappa shape index (κ1) is 25.2. The third-order valence-electron chi connectivity index (χ3n) is 4.26. The summed E-state index contributed by atoms with van der Waals surface area (Å²) in [5.41, 5.74) is 9.19. The van der Waals surface area contributed by atoms with E-state index in [4.69, 9.17) is 16.2 Å². The summed E-state index contributed by atoms with van der Waals surface area (Å²) in [7, 11) is 0. The fourth-order valence-electron chi connectivity index (χ4n) is 3.05. The Balaban J connectivity index is 3.07. The van der Waals surface area contributed by atoms with Crippen molar-refractivity contribution in [1.82, 2.24) is 5.32 Å². The minimum atomic E-state index is -4.69. The molecule has 1 rings (SSSR count). The fraction of sp³-hybridized carbons (Fsp3) is 0.526. The molecular formula is C19H26F3N3O5. The molecule has 0 aliphatic heterocycles. The minimum absolute atomic E-state index is 0.0450. The van der Waals surface area contributed by atoms with Crippen LogP contribution in [-0.4, -0.2) is 46.9 Å². The Morgan fingerprint density at radius 1 is 1.10 bits per heavy atom. The predicted octanol–water partition coefficient (Wildman–Crippen LogP) is 1.39. The molecule has 6 N–H and O–H groups in total. The summed E-state index contributed by atoms with van der Waals surface area (Å²) in [4.78, 5) is 35.1. The van der Waals surface area contributed by atoms with Crippen LogP contribution < -0.4 is 16.8 Å². The van der Waals surface area contributed by atoms with Gasteiger partial charge in [-0.25, -0.2) is 4.79 Å². The van der Waals surface area contributed by atoms with Crippen molar-refractivity contribution in [2.45, 2.75) is 57.0 Å². The Morgan fingerprint density at radius 3 is 2.13 bits per heavy atom. The molecular weight excluding hydrogens is 407 g/mol. The lowest BCUT2D eigenvalue weighted by Crippen LogP contribution is -2.52. The number of halogens is 3. The van der Waals surface area contributed by atoms with E-state index in [1.165, 1.54) is 13.8 Å². The normalized spacial score (nSPS) is 15.0. The maximum absolute atomic E-state index is 13.0. The van der Waals surface area contributed by atoms with E-state index in [1.807, 2.05) is 0 Å². The Kier molecular flexibility index (Phi) is 8.64. The molecule has 3 amide bonds. The van der Waals surface area contributed by atoms with Crippen LogP contribution in [0.15, 0.2) is 30.3 Å². The highest BCUT2D eigenvalue weighted by Gasteiger charge is 2.40. The van der Waals surface area contributed by atoms with Gasteiger partial charge in [0.05, 0.1) is 18.4 Å². The molecule has 0 spiro atoms. The summed E-state index contributed by atoms with van der Waals surface area (Å²) in [5.74, 6) is -3.88. The van der Waals surface area contributed by atoms with E-state index in [-0.39, 0.29) is 6.42 Å². The summed E-state index contributed by atoms with van der Waals surface area (Å²) < 4.78 is 43.9. The molecule has 3 atom stereocenters. The monoisotopic (exact) mass is 433 g/mol. The molecule has 1 aromatic carbocycles. The number of amides is 3. The van der Waals surface area contributed by atoms with Crippen LogP contribution in [0, 0.1) is 5.92 Å². The summed E-state index contributed by atoms with van der Waals surface area (Å²) in [6.07, 6.45) is -9.76. The van der Waals surface area contributed by atoms with E-state index in [1.54, 1.807) is 30.3 Å². The van der Waals surface area contributed by atoms with Gasteiger partial charge in [0.1, 0.15) is 5.60 Å². The van der Waals surface area contributed by atoms with E-state index in [0.717, 1.165) is 0 Å². The van der Waals surface area contributed by atoms with Gasteiger partial charge in [-0.05, 0) is 32.3 Å². The highest BCUT2D eigenvalue weighted by atomic mass is 19.4. The second kappa shape index (κ2) is 10.3. The topological polar surface area (TPSA) is 145 Å². The number of nitrogens with two attached hydrogens (primary N) is 2. The summed E-state index contributed by atoms with van der Waals surface area (Å²) in [5, 5.41) is 12.3. The standard InChI is InChI=1S/C19H26F3N3O5/c1-18(2,30-17(24)29)9-12(10-19(20,21)22)16(28)25-13(14(26)15(23)27)8-11-6-4-3-5-7-11/h3-7,12-14,26H,8-10H2,1-2H3,(H2,23,27)(H2,24,29)(H,25,28). The van der Waals surface area contributed by atoms with Crippen molar-refractivity contribution >= 4 is 17.9 Å². The Labute approximate surface area is 171 Å². The van der Waals surface area contributed by atoms with Crippen LogP contribution in [0.4, 0.5) is 18.0 Å². The third-order valence-corrected chi connectivity index (χ3v) is 4.26. The number of aliphatic hydroxyl groups excluding tert-OH is 1. The molecule has 0 aliphatic carbocycles. The quantitative estimate of drug-likeness (QED) is 0.441. The Morgan fingerprint density at radius 2 is 1.67 bits per heavy atom. The van der Waals surface area contributed by atoms with Crippen LogP contribution in [0.2, 0.25) is 0 Å².